The molecule has 0 bridgehead atoms. The first-order valence-electron chi connectivity index (χ1n) is 13.1. The number of hydrogen-bond donors (Lipinski definition) is 4. The Kier molecular flexibility index (Phi) is 9.59. The fourth-order valence-electron chi connectivity index (χ4n) is 4.47. The number of aliphatic hydroxyl groups is 2. The quantitative estimate of drug-likeness (QED) is 0.183. The molecule has 41 heavy (non-hydrogen) atoms. The predicted molar refractivity (Wildman–Crippen MR) is 144 cm³/mol. The average Bonchev–Trinajstić information content (AvgIpc) is 3.37. The Bertz CT molecular complexity index is 1370. The number of aliphatic hydroxyl groups excluding tert-OH is 2. The molecule has 1 saturated heterocycles. The van der Waals surface area contributed by atoms with Crippen LogP contribution in [0, 0.1) is 16.0 Å². The van der Waals surface area contributed by atoms with Crippen molar-refractivity contribution in [1.82, 2.24) is 29.7 Å². The lowest BCUT2D eigenvalue weighted by atomic mass is 9.93. The van der Waals surface area contributed by atoms with Crippen LogP contribution in [-0.4, -0.2) is 90.0 Å². The van der Waals surface area contributed by atoms with Gasteiger partial charge >= 0.3 is 6.09 Å². The Morgan fingerprint density at radius 3 is 2.59 bits per heavy atom. The maximum absolute atomic E-state index is 12.6. The lowest BCUT2D eigenvalue weighted by Gasteiger charge is -2.31. The lowest BCUT2D eigenvalue weighted by Crippen LogP contribution is -2.45. The molecule has 0 saturated carbocycles. The van der Waals surface area contributed by atoms with Crippen LogP contribution in [0.25, 0.3) is 11.2 Å². The van der Waals surface area contributed by atoms with E-state index in [-0.39, 0.29) is 29.9 Å². The highest BCUT2D eigenvalue weighted by Crippen LogP contribution is 2.25. The van der Waals surface area contributed by atoms with E-state index in [1.807, 2.05) is 0 Å². The smallest absolute Gasteiger partial charge is 0.410 e. The summed E-state index contributed by atoms with van der Waals surface area (Å²) in [5.74, 6) is 0.507. The number of anilines is 1. The highest BCUT2D eigenvalue weighted by atomic mass is 16.6. The molecule has 0 spiro atoms. The van der Waals surface area contributed by atoms with Crippen molar-refractivity contribution in [1.29, 1.82) is 0 Å². The van der Waals surface area contributed by atoms with Gasteiger partial charge in [-0.25, -0.2) is 19.7 Å². The number of carbonyl (C=O) groups excluding carboxylic acids is 2. The van der Waals surface area contributed by atoms with Crippen LogP contribution >= 0.6 is 0 Å². The van der Waals surface area contributed by atoms with E-state index < -0.39 is 35.7 Å². The summed E-state index contributed by atoms with van der Waals surface area (Å²) in [7, 11) is 0. The van der Waals surface area contributed by atoms with Gasteiger partial charge in [0.05, 0.1) is 17.9 Å². The Hall–Kier alpha value is -4.41. The fourth-order valence-corrected chi connectivity index (χ4v) is 4.47. The number of aromatic nitrogens is 4. The number of fused-ring (bicyclic) bond motifs is 1. The molecule has 16 nitrogen and oxygen atoms in total. The van der Waals surface area contributed by atoms with E-state index in [9.17, 15) is 29.9 Å². The molecule has 3 aromatic rings. The van der Waals surface area contributed by atoms with E-state index >= 15 is 0 Å². The molecule has 0 radical (unpaired) electrons. The monoisotopic (exact) mass is 572 g/mol. The number of nitrogens with one attached hydrogen (secondary N) is 1. The Labute approximate surface area is 234 Å². The standard InChI is InChI=1S/C25H32N8O8/c1-2-27-24(36)21(18(35)12-34)40-14-32-13-28-20-22(26)29-19(30-23(20)32)11-15-7-9-31(10-8-15)25(37)41-17-5-3-16(4-6-17)33(38)39/h3-6,13,15,18,21,34-35H,2,7-12,14H2,1H3,(H,27,36)(H2,26,29,30)/t18?,21-/m0/s1. The van der Waals surface area contributed by atoms with Gasteiger partial charge in [-0.1, -0.05) is 0 Å². The van der Waals surface area contributed by atoms with Gasteiger partial charge in [-0.3, -0.25) is 19.5 Å². The van der Waals surface area contributed by atoms with Gasteiger partial charge in [0, 0.05) is 38.2 Å². The Balaban J connectivity index is 1.36. The lowest BCUT2D eigenvalue weighted by molar-refractivity contribution is -0.384. The summed E-state index contributed by atoms with van der Waals surface area (Å²) < 4.78 is 12.5. The molecule has 2 aromatic heterocycles. The summed E-state index contributed by atoms with van der Waals surface area (Å²) in [5, 5.41) is 32.7. The van der Waals surface area contributed by atoms with Crippen molar-refractivity contribution in [3.63, 3.8) is 0 Å². The number of likely N-dealkylation sites (tertiary alicyclic amines) is 1. The molecule has 1 unspecified atom stereocenters. The molecule has 1 fully saturated rings. The minimum absolute atomic E-state index is 0.0914. The van der Waals surface area contributed by atoms with Gasteiger partial charge in [0.1, 0.15) is 29.9 Å². The first kappa shape index (κ1) is 29.6. The van der Waals surface area contributed by atoms with Crippen molar-refractivity contribution < 1.29 is 34.2 Å². The van der Waals surface area contributed by atoms with Gasteiger partial charge in [-0.05, 0) is 37.8 Å². The van der Waals surface area contributed by atoms with Crippen molar-refractivity contribution in [2.45, 2.75) is 45.1 Å². The number of imidazole rings is 1. The van der Waals surface area contributed by atoms with Crippen molar-refractivity contribution in [3.05, 3.63) is 46.5 Å². The van der Waals surface area contributed by atoms with Gasteiger partial charge in [-0.2, -0.15) is 0 Å². The summed E-state index contributed by atoms with van der Waals surface area (Å²) in [6.45, 7) is 2.13. The van der Waals surface area contributed by atoms with E-state index in [4.69, 9.17) is 15.2 Å². The third-order valence-corrected chi connectivity index (χ3v) is 6.67. The van der Waals surface area contributed by atoms with Crippen LogP contribution in [0.1, 0.15) is 25.6 Å². The van der Waals surface area contributed by atoms with Gasteiger partial charge < -0.3 is 35.6 Å². The third kappa shape index (κ3) is 7.22. The Morgan fingerprint density at radius 1 is 1.24 bits per heavy atom. The maximum atomic E-state index is 12.6. The molecule has 1 aliphatic rings. The molecule has 2 atom stereocenters. The molecule has 4 rings (SSSR count). The number of benzene rings is 1. The molecule has 16 heteroatoms. The van der Waals surface area contributed by atoms with E-state index in [0.29, 0.717) is 55.9 Å². The average molecular weight is 573 g/mol. The molecule has 2 amide bonds. The number of nitro benzene ring substituents is 1. The molecular formula is C25H32N8O8. The summed E-state index contributed by atoms with van der Waals surface area (Å²) >= 11 is 0. The minimum atomic E-state index is -1.41. The maximum Gasteiger partial charge on any atom is 0.415 e. The van der Waals surface area contributed by atoms with Gasteiger partial charge in [0.2, 0.25) is 0 Å². The van der Waals surface area contributed by atoms with Crippen molar-refractivity contribution in [3.8, 4) is 5.75 Å². The number of carbonyl (C=O) groups is 2. The first-order valence-corrected chi connectivity index (χ1v) is 13.1. The van der Waals surface area contributed by atoms with Crippen LogP contribution in [0.2, 0.25) is 0 Å². The zero-order chi connectivity index (χ0) is 29.5. The van der Waals surface area contributed by atoms with Gasteiger partial charge in [0.25, 0.3) is 11.6 Å². The van der Waals surface area contributed by atoms with Gasteiger partial charge in [0.15, 0.2) is 17.6 Å². The number of nitro groups is 1. The SMILES string of the molecule is CCNC(=O)[C@@H](OCn1cnc2c(N)nc(CC3CCN(C(=O)Oc4ccc([N+](=O)[O-])cc4)CC3)nc21)C(O)CO. The number of hydrogen-bond acceptors (Lipinski definition) is 12. The number of amides is 2. The summed E-state index contributed by atoms with van der Waals surface area (Å²) in [5.41, 5.74) is 6.80. The van der Waals surface area contributed by atoms with Crippen molar-refractivity contribution >= 4 is 34.7 Å². The van der Waals surface area contributed by atoms with Crippen LogP contribution in [0.15, 0.2) is 30.6 Å². The molecule has 0 aliphatic carbocycles. The second-order valence-electron chi connectivity index (χ2n) is 9.53. The molecule has 220 valence electrons. The second-order valence-corrected chi connectivity index (χ2v) is 9.53. The van der Waals surface area contributed by atoms with Crippen LogP contribution in [-0.2, 0) is 22.7 Å². The number of nitrogens with zero attached hydrogens (tertiary/aromatic N) is 6. The number of ether oxygens (including phenoxy) is 2. The highest BCUT2D eigenvalue weighted by Gasteiger charge is 2.28. The fraction of sp³-hybridized carbons (Fsp3) is 0.480. The van der Waals surface area contributed by atoms with Crippen LogP contribution in [0.4, 0.5) is 16.3 Å². The normalized spacial score (nSPS) is 15.4. The van der Waals surface area contributed by atoms with E-state index in [1.165, 1.54) is 35.2 Å². The summed E-state index contributed by atoms with van der Waals surface area (Å²) in [6, 6.07) is 5.31. The van der Waals surface area contributed by atoms with E-state index in [2.05, 4.69) is 20.3 Å². The summed E-state index contributed by atoms with van der Waals surface area (Å²) in [4.78, 5) is 49.9. The summed E-state index contributed by atoms with van der Waals surface area (Å²) in [6.07, 6.45) is 0.0488. The first-order chi connectivity index (χ1) is 19.7. The van der Waals surface area contributed by atoms with Crippen LogP contribution < -0.4 is 15.8 Å². The van der Waals surface area contributed by atoms with Crippen LogP contribution in [0.3, 0.4) is 0 Å². The number of nitrogens with two attached hydrogens (primary N) is 1. The third-order valence-electron chi connectivity index (χ3n) is 6.67. The van der Waals surface area contributed by atoms with Gasteiger partial charge in [-0.15, -0.1) is 0 Å². The molecular weight excluding hydrogens is 540 g/mol. The number of non-ortho nitro benzene ring substituents is 1. The van der Waals surface area contributed by atoms with Crippen molar-refractivity contribution in [2.24, 2.45) is 5.92 Å². The van der Waals surface area contributed by atoms with E-state index in [0.717, 1.165) is 0 Å². The van der Waals surface area contributed by atoms with E-state index in [1.54, 1.807) is 11.8 Å². The largest absolute Gasteiger partial charge is 0.415 e. The zero-order valence-electron chi connectivity index (χ0n) is 22.4. The Morgan fingerprint density at radius 2 is 1.95 bits per heavy atom. The second kappa shape index (κ2) is 13.3. The molecule has 1 aromatic carbocycles. The number of piperidine rings is 1. The van der Waals surface area contributed by atoms with Crippen LogP contribution in [0.5, 0.6) is 5.75 Å². The highest BCUT2D eigenvalue weighted by molar-refractivity contribution is 5.82. The van der Waals surface area contributed by atoms with Crippen molar-refractivity contribution in [2.75, 3.05) is 32.0 Å². The number of rotatable bonds is 11. The topological polar surface area (TPSA) is 221 Å². The number of nitrogen functional groups attached to an aromatic ring is 1. The molecule has 1 aliphatic heterocycles. The zero-order valence-corrected chi connectivity index (χ0v) is 22.4. The molecule has 3 heterocycles. The molecule has 5 N–H and O–H groups in total. The number of likely N-dealkylation sites (N-methyl/N-ethyl adjacent to an activating group) is 1. The minimum Gasteiger partial charge on any atom is -0.410 e. The predicted octanol–water partition coefficient (Wildman–Crippen LogP) is 0.602.